The molecule has 1 aliphatic rings. The zero-order chi connectivity index (χ0) is 7.72. The third kappa shape index (κ3) is 1.50. The third-order valence-corrected chi connectivity index (χ3v) is 2.82. The third-order valence-electron chi connectivity index (χ3n) is 2.82. The molecule has 0 aromatic carbocycles. The van der Waals surface area contributed by atoms with Crippen molar-refractivity contribution in [3.63, 3.8) is 0 Å². The van der Waals surface area contributed by atoms with Crippen molar-refractivity contribution in [1.82, 2.24) is 0 Å². The minimum atomic E-state index is 0.332. The highest BCUT2D eigenvalue weighted by atomic mass is 14.7. The molecular formula is C8H18N2. The van der Waals surface area contributed by atoms with E-state index in [1.165, 1.54) is 0 Å². The highest BCUT2D eigenvalue weighted by molar-refractivity contribution is 4.85. The lowest BCUT2D eigenvalue weighted by molar-refractivity contribution is 0.217. The molecule has 4 atom stereocenters. The van der Waals surface area contributed by atoms with Crippen LogP contribution in [0.3, 0.4) is 0 Å². The average Bonchev–Trinajstić information content (AvgIpc) is 1.82. The summed E-state index contributed by atoms with van der Waals surface area (Å²) in [5.41, 5.74) is 11.7. The summed E-state index contributed by atoms with van der Waals surface area (Å²) in [6.07, 6.45) is 2.15. The highest BCUT2D eigenvalue weighted by Gasteiger charge is 2.28. The van der Waals surface area contributed by atoms with Crippen LogP contribution in [0.2, 0.25) is 0 Å². The van der Waals surface area contributed by atoms with Gasteiger partial charge in [-0.15, -0.1) is 0 Å². The Morgan fingerprint density at radius 3 is 2.20 bits per heavy atom. The van der Waals surface area contributed by atoms with Crippen LogP contribution in [-0.4, -0.2) is 12.1 Å². The van der Waals surface area contributed by atoms with Crippen LogP contribution in [-0.2, 0) is 0 Å². The maximum atomic E-state index is 5.88. The lowest BCUT2D eigenvalue weighted by atomic mass is 9.76. The second-order valence-corrected chi connectivity index (χ2v) is 3.73. The minimum absolute atomic E-state index is 0.332. The molecule has 0 heterocycles. The zero-order valence-electron chi connectivity index (χ0n) is 6.88. The van der Waals surface area contributed by atoms with Crippen molar-refractivity contribution in [3.8, 4) is 0 Å². The summed E-state index contributed by atoms with van der Waals surface area (Å²) >= 11 is 0. The van der Waals surface area contributed by atoms with Gasteiger partial charge in [0.05, 0.1) is 0 Å². The number of hydrogen-bond acceptors (Lipinski definition) is 2. The normalized spacial score (nSPS) is 49.2. The van der Waals surface area contributed by atoms with Crippen molar-refractivity contribution in [2.45, 2.75) is 38.8 Å². The molecule has 0 aromatic rings. The first-order valence-electron chi connectivity index (χ1n) is 4.12. The predicted molar refractivity (Wildman–Crippen MR) is 43.5 cm³/mol. The van der Waals surface area contributed by atoms with E-state index in [1.807, 2.05) is 0 Å². The highest BCUT2D eigenvalue weighted by Crippen LogP contribution is 2.27. The Morgan fingerprint density at radius 2 is 1.70 bits per heavy atom. The van der Waals surface area contributed by atoms with Gasteiger partial charge in [-0.25, -0.2) is 0 Å². The predicted octanol–water partition coefficient (Wildman–Crippen LogP) is 0.707. The molecule has 10 heavy (non-hydrogen) atoms. The van der Waals surface area contributed by atoms with Gasteiger partial charge in [0, 0.05) is 12.1 Å². The Morgan fingerprint density at radius 1 is 1.10 bits per heavy atom. The van der Waals surface area contributed by atoms with Crippen molar-refractivity contribution >= 4 is 0 Å². The monoisotopic (exact) mass is 142 g/mol. The summed E-state index contributed by atoms with van der Waals surface area (Å²) in [5.74, 6) is 1.36. The molecule has 0 bridgehead atoms. The van der Waals surface area contributed by atoms with Gasteiger partial charge in [0.2, 0.25) is 0 Å². The zero-order valence-corrected chi connectivity index (χ0v) is 6.88. The maximum absolute atomic E-state index is 5.88. The van der Waals surface area contributed by atoms with Crippen molar-refractivity contribution < 1.29 is 0 Å². The van der Waals surface area contributed by atoms with Gasteiger partial charge in [-0.2, -0.15) is 0 Å². The molecule has 0 aromatic heterocycles. The van der Waals surface area contributed by atoms with E-state index < -0.39 is 0 Å². The Bertz CT molecular complexity index is 102. The first-order chi connectivity index (χ1) is 4.61. The summed E-state index contributed by atoms with van der Waals surface area (Å²) < 4.78 is 0. The van der Waals surface area contributed by atoms with Crippen LogP contribution in [0.1, 0.15) is 26.7 Å². The molecule has 1 rings (SSSR count). The molecule has 0 saturated heterocycles. The fourth-order valence-corrected chi connectivity index (χ4v) is 1.77. The van der Waals surface area contributed by atoms with Crippen LogP contribution in [0.25, 0.3) is 0 Å². The van der Waals surface area contributed by atoms with Crippen LogP contribution in [0.4, 0.5) is 0 Å². The van der Waals surface area contributed by atoms with Gasteiger partial charge in [0.25, 0.3) is 0 Å². The SMILES string of the molecule is CC1CC(N)CC(N)C1C. The molecule has 60 valence electrons. The van der Waals surface area contributed by atoms with Crippen LogP contribution >= 0.6 is 0 Å². The first-order valence-corrected chi connectivity index (χ1v) is 4.12. The summed E-state index contributed by atoms with van der Waals surface area (Å²) in [7, 11) is 0. The molecule has 0 amide bonds. The van der Waals surface area contributed by atoms with Crippen LogP contribution < -0.4 is 11.5 Å². The fraction of sp³-hybridized carbons (Fsp3) is 1.00. The molecule has 0 radical (unpaired) electrons. The first kappa shape index (κ1) is 8.02. The topological polar surface area (TPSA) is 52.0 Å². The van der Waals surface area contributed by atoms with E-state index in [0.717, 1.165) is 12.8 Å². The average molecular weight is 142 g/mol. The van der Waals surface area contributed by atoms with E-state index in [4.69, 9.17) is 11.5 Å². The molecule has 1 aliphatic carbocycles. The minimum Gasteiger partial charge on any atom is -0.328 e. The van der Waals surface area contributed by atoms with E-state index in [0.29, 0.717) is 23.9 Å². The Labute approximate surface area is 63.0 Å². The molecule has 4 unspecified atom stereocenters. The summed E-state index contributed by atoms with van der Waals surface area (Å²) in [6.45, 7) is 4.46. The van der Waals surface area contributed by atoms with E-state index >= 15 is 0 Å². The number of nitrogens with two attached hydrogens (primary N) is 2. The standard InChI is InChI=1S/C8H18N2/c1-5-3-7(9)4-8(10)6(5)2/h5-8H,3-4,9-10H2,1-2H3. The lowest BCUT2D eigenvalue weighted by Crippen LogP contribution is -2.44. The van der Waals surface area contributed by atoms with Crippen LogP contribution in [0.15, 0.2) is 0 Å². The summed E-state index contributed by atoms with van der Waals surface area (Å²) in [4.78, 5) is 0. The van der Waals surface area contributed by atoms with Crippen molar-refractivity contribution in [2.24, 2.45) is 23.3 Å². The smallest absolute Gasteiger partial charge is 0.00818 e. The van der Waals surface area contributed by atoms with Gasteiger partial charge in [0.15, 0.2) is 0 Å². The van der Waals surface area contributed by atoms with Crippen LogP contribution in [0.5, 0.6) is 0 Å². The summed E-state index contributed by atoms with van der Waals surface area (Å²) in [5, 5.41) is 0. The molecule has 2 nitrogen and oxygen atoms in total. The maximum Gasteiger partial charge on any atom is 0.00818 e. The van der Waals surface area contributed by atoms with E-state index in [2.05, 4.69) is 13.8 Å². The molecule has 2 heteroatoms. The fourth-order valence-electron chi connectivity index (χ4n) is 1.77. The second-order valence-electron chi connectivity index (χ2n) is 3.73. The molecule has 0 spiro atoms. The van der Waals surface area contributed by atoms with Crippen molar-refractivity contribution in [1.29, 1.82) is 0 Å². The Kier molecular flexibility index (Phi) is 2.32. The van der Waals surface area contributed by atoms with Crippen LogP contribution in [0, 0.1) is 11.8 Å². The van der Waals surface area contributed by atoms with Gasteiger partial charge in [0.1, 0.15) is 0 Å². The molecular weight excluding hydrogens is 124 g/mol. The Hall–Kier alpha value is -0.0800. The molecule has 4 N–H and O–H groups in total. The van der Waals surface area contributed by atoms with Gasteiger partial charge in [-0.1, -0.05) is 13.8 Å². The van der Waals surface area contributed by atoms with E-state index in [9.17, 15) is 0 Å². The van der Waals surface area contributed by atoms with Gasteiger partial charge >= 0.3 is 0 Å². The number of rotatable bonds is 0. The van der Waals surface area contributed by atoms with Gasteiger partial charge in [-0.05, 0) is 24.7 Å². The van der Waals surface area contributed by atoms with Gasteiger partial charge in [-0.3, -0.25) is 0 Å². The van der Waals surface area contributed by atoms with Gasteiger partial charge < -0.3 is 11.5 Å². The quantitative estimate of drug-likeness (QED) is 0.523. The Balaban J connectivity index is 2.49. The lowest BCUT2D eigenvalue weighted by Gasteiger charge is -2.35. The molecule has 0 aliphatic heterocycles. The summed E-state index contributed by atoms with van der Waals surface area (Å²) in [6, 6.07) is 0.681. The van der Waals surface area contributed by atoms with Crippen molar-refractivity contribution in [2.75, 3.05) is 0 Å². The second kappa shape index (κ2) is 2.89. The van der Waals surface area contributed by atoms with Crippen molar-refractivity contribution in [3.05, 3.63) is 0 Å². The molecule has 1 fully saturated rings. The van der Waals surface area contributed by atoms with E-state index in [1.54, 1.807) is 0 Å². The van der Waals surface area contributed by atoms with E-state index in [-0.39, 0.29) is 0 Å². The molecule has 1 saturated carbocycles. The number of hydrogen-bond donors (Lipinski definition) is 2. The largest absolute Gasteiger partial charge is 0.328 e.